The van der Waals surface area contributed by atoms with Gasteiger partial charge in [0.1, 0.15) is 5.76 Å². The van der Waals surface area contributed by atoms with Gasteiger partial charge >= 0.3 is 0 Å². The summed E-state index contributed by atoms with van der Waals surface area (Å²) in [6.07, 6.45) is 2.36. The topological polar surface area (TPSA) is 47.3 Å². The van der Waals surface area contributed by atoms with Crippen molar-refractivity contribution in [1.82, 2.24) is 0 Å². The molecule has 0 fully saturated rings. The highest BCUT2D eigenvalue weighted by molar-refractivity contribution is 7.90. The zero-order chi connectivity index (χ0) is 13.9. The SMILES string of the molecule is CC(C)Cc1cc(CS(=O)(=O)c2ccccc2)co1. The van der Waals surface area contributed by atoms with Crippen LogP contribution in [0.15, 0.2) is 52.0 Å². The molecule has 0 atom stereocenters. The first-order valence-electron chi connectivity index (χ1n) is 6.31. The van der Waals surface area contributed by atoms with Gasteiger partial charge in [0.15, 0.2) is 9.84 Å². The molecule has 0 unspecified atom stereocenters. The maximum absolute atomic E-state index is 12.2. The summed E-state index contributed by atoms with van der Waals surface area (Å²) >= 11 is 0. The van der Waals surface area contributed by atoms with E-state index in [-0.39, 0.29) is 5.75 Å². The molecule has 0 spiro atoms. The van der Waals surface area contributed by atoms with Crippen molar-refractivity contribution >= 4 is 9.84 Å². The molecule has 1 heterocycles. The maximum atomic E-state index is 12.2. The summed E-state index contributed by atoms with van der Waals surface area (Å²) in [5, 5.41) is 0. The molecule has 3 nitrogen and oxygen atoms in total. The highest BCUT2D eigenvalue weighted by atomic mass is 32.2. The number of furan rings is 1. The minimum absolute atomic E-state index is 0.0153. The molecule has 102 valence electrons. The maximum Gasteiger partial charge on any atom is 0.182 e. The summed E-state index contributed by atoms with van der Waals surface area (Å²) in [4.78, 5) is 0.349. The van der Waals surface area contributed by atoms with Gasteiger partial charge in [0, 0.05) is 12.0 Å². The lowest BCUT2D eigenvalue weighted by molar-refractivity contribution is 0.471. The van der Waals surface area contributed by atoms with E-state index in [4.69, 9.17) is 4.42 Å². The molecular formula is C15H18O3S. The molecule has 0 saturated carbocycles. The monoisotopic (exact) mass is 278 g/mol. The Labute approximate surface area is 114 Å². The zero-order valence-electron chi connectivity index (χ0n) is 11.2. The second kappa shape index (κ2) is 5.61. The Morgan fingerprint density at radius 1 is 1.16 bits per heavy atom. The summed E-state index contributed by atoms with van der Waals surface area (Å²) in [6, 6.07) is 10.3. The van der Waals surface area contributed by atoms with E-state index in [0.717, 1.165) is 12.2 Å². The first kappa shape index (κ1) is 13.9. The van der Waals surface area contributed by atoms with E-state index in [0.29, 0.717) is 16.4 Å². The average Bonchev–Trinajstić information content (AvgIpc) is 2.76. The molecule has 19 heavy (non-hydrogen) atoms. The molecular weight excluding hydrogens is 260 g/mol. The van der Waals surface area contributed by atoms with Crippen LogP contribution in [0, 0.1) is 5.92 Å². The Balaban J connectivity index is 2.15. The van der Waals surface area contributed by atoms with Crippen molar-refractivity contribution in [3.63, 3.8) is 0 Å². The molecule has 0 bridgehead atoms. The molecule has 0 aliphatic heterocycles. The van der Waals surface area contributed by atoms with Crippen molar-refractivity contribution in [1.29, 1.82) is 0 Å². The lowest BCUT2D eigenvalue weighted by atomic mass is 10.1. The quantitative estimate of drug-likeness (QED) is 0.841. The third-order valence-corrected chi connectivity index (χ3v) is 4.48. The largest absolute Gasteiger partial charge is 0.469 e. The highest BCUT2D eigenvalue weighted by Gasteiger charge is 2.16. The molecule has 1 aromatic carbocycles. The van der Waals surface area contributed by atoms with E-state index in [1.54, 1.807) is 30.3 Å². The molecule has 0 saturated heterocycles. The molecule has 0 radical (unpaired) electrons. The molecule has 2 rings (SSSR count). The average molecular weight is 278 g/mol. The molecule has 0 amide bonds. The van der Waals surface area contributed by atoms with Crippen molar-refractivity contribution in [2.75, 3.05) is 0 Å². The number of rotatable bonds is 5. The molecule has 0 aliphatic carbocycles. The molecule has 0 N–H and O–H groups in total. The van der Waals surface area contributed by atoms with Crippen molar-refractivity contribution in [3.8, 4) is 0 Å². The van der Waals surface area contributed by atoms with Crippen LogP contribution in [0.1, 0.15) is 25.2 Å². The first-order valence-corrected chi connectivity index (χ1v) is 7.96. The predicted octanol–water partition coefficient (Wildman–Crippen LogP) is 3.45. The van der Waals surface area contributed by atoms with Gasteiger partial charge in [-0.15, -0.1) is 0 Å². The van der Waals surface area contributed by atoms with Gasteiger partial charge in [-0.05, 0) is 24.1 Å². The van der Waals surface area contributed by atoms with E-state index in [1.165, 1.54) is 6.26 Å². The van der Waals surface area contributed by atoms with Crippen LogP contribution in [-0.2, 0) is 22.0 Å². The van der Waals surface area contributed by atoms with Crippen LogP contribution >= 0.6 is 0 Å². The van der Waals surface area contributed by atoms with E-state index < -0.39 is 9.84 Å². The van der Waals surface area contributed by atoms with E-state index in [9.17, 15) is 8.42 Å². The fraction of sp³-hybridized carbons (Fsp3) is 0.333. The van der Waals surface area contributed by atoms with Gasteiger partial charge in [0.25, 0.3) is 0 Å². The van der Waals surface area contributed by atoms with Crippen molar-refractivity contribution in [3.05, 3.63) is 54.0 Å². The van der Waals surface area contributed by atoms with Crippen LogP contribution in [-0.4, -0.2) is 8.42 Å². The summed E-state index contributed by atoms with van der Waals surface area (Å²) < 4.78 is 29.8. The van der Waals surface area contributed by atoms with Gasteiger partial charge in [0.2, 0.25) is 0 Å². The third-order valence-electron chi connectivity index (χ3n) is 2.78. The Hall–Kier alpha value is -1.55. The fourth-order valence-corrected chi connectivity index (χ4v) is 3.27. The number of benzene rings is 1. The number of sulfone groups is 1. The van der Waals surface area contributed by atoms with Gasteiger partial charge in [-0.25, -0.2) is 8.42 Å². The Kier molecular flexibility index (Phi) is 4.10. The standard InChI is InChI=1S/C15H18O3S/c1-12(2)8-14-9-13(10-18-14)11-19(16,17)15-6-4-3-5-7-15/h3-7,9-10,12H,8,11H2,1-2H3. The van der Waals surface area contributed by atoms with Gasteiger partial charge < -0.3 is 4.42 Å². The second-order valence-electron chi connectivity index (χ2n) is 5.09. The van der Waals surface area contributed by atoms with Gasteiger partial charge in [-0.2, -0.15) is 0 Å². The highest BCUT2D eigenvalue weighted by Crippen LogP contribution is 2.19. The summed E-state index contributed by atoms with van der Waals surface area (Å²) in [5.74, 6) is 1.32. The lowest BCUT2D eigenvalue weighted by Gasteiger charge is -2.01. The minimum atomic E-state index is -3.29. The Morgan fingerprint density at radius 3 is 2.47 bits per heavy atom. The Morgan fingerprint density at radius 2 is 1.84 bits per heavy atom. The van der Waals surface area contributed by atoms with Crippen LogP contribution in [0.5, 0.6) is 0 Å². The van der Waals surface area contributed by atoms with Crippen LogP contribution in [0.2, 0.25) is 0 Å². The summed E-state index contributed by atoms with van der Waals surface area (Å²) in [7, 11) is -3.29. The van der Waals surface area contributed by atoms with Crippen molar-refractivity contribution < 1.29 is 12.8 Å². The smallest absolute Gasteiger partial charge is 0.182 e. The van der Waals surface area contributed by atoms with E-state index >= 15 is 0 Å². The zero-order valence-corrected chi connectivity index (χ0v) is 12.0. The minimum Gasteiger partial charge on any atom is -0.469 e. The predicted molar refractivity (Wildman–Crippen MR) is 74.6 cm³/mol. The number of hydrogen-bond donors (Lipinski definition) is 0. The first-order chi connectivity index (χ1) is 8.97. The number of hydrogen-bond acceptors (Lipinski definition) is 3. The van der Waals surface area contributed by atoms with E-state index in [2.05, 4.69) is 13.8 Å². The van der Waals surface area contributed by atoms with Crippen molar-refractivity contribution in [2.24, 2.45) is 5.92 Å². The van der Waals surface area contributed by atoms with Gasteiger partial charge in [-0.1, -0.05) is 32.0 Å². The van der Waals surface area contributed by atoms with E-state index in [1.807, 2.05) is 6.07 Å². The molecule has 4 heteroatoms. The van der Waals surface area contributed by atoms with Gasteiger partial charge in [0.05, 0.1) is 16.9 Å². The van der Waals surface area contributed by atoms with Crippen LogP contribution in [0.25, 0.3) is 0 Å². The van der Waals surface area contributed by atoms with Crippen LogP contribution in [0.4, 0.5) is 0 Å². The van der Waals surface area contributed by atoms with Crippen LogP contribution in [0.3, 0.4) is 0 Å². The summed E-state index contributed by atoms with van der Waals surface area (Å²) in [6.45, 7) is 4.20. The third kappa shape index (κ3) is 3.70. The molecule has 0 aliphatic rings. The van der Waals surface area contributed by atoms with Gasteiger partial charge in [-0.3, -0.25) is 0 Å². The van der Waals surface area contributed by atoms with Crippen LogP contribution < -0.4 is 0 Å². The fourth-order valence-electron chi connectivity index (χ4n) is 1.94. The second-order valence-corrected chi connectivity index (χ2v) is 7.08. The summed E-state index contributed by atoms with van der Waals surface area (Å²) in [5.41, 5.74) is 0.708. The molecule has 1 aromatic heterocycles. The molecule has 2 aromatic rings. The Bertz CT molecular complexity index is 624. The lowest BCUT2D eigenvalue weighted by Crippen LogP contribution is -2.03. The normalized spacial score (nSPS) is 11.9. The van der Waals surface area contributed by atoms with Crippen molar-refractivity contribution in [2.45, 2.75) is 30.9 Å².